The van der Waals surface area contributed by atoms with Crippen LogP contribution in [-0.2, 0) is 5.54 Å². The molecule has 0 bridgehead atoms. The molecule has 1 aromatic heterocycles. The van der Waals surface area contributed by atoms with Gasteiger partial charge in [0.15, 0.2) is 5.82 Å². The molecule has 1 fully saturated rings. The molecule has 0 saturated carbocycles. The number of nitrogens with zero attached hydrogens (tertiary/aromatic N) is 6. The minimum atomic E-state index is -0.307. The van der Waals surface area contributed by atoms with Crippen molar-refractivity contribution in [1.82, 2.24) is 30.0 Å². The van der Waals surface area contributed by atoms with E-state index in [0.717, 1.165) is 39.1 Å². The number of aromatic nitrogens is 4. The Kier molecular flexibility index (Phi) is 6.01. The minimum Gasteiger partial charge on any atom is -0.297 e. The molecule has 27 heavy (non-hydrogen) atoms. The van der Waals surface area contributed by atoms with E-state index in [9.17, 15) is 4.39 Å². The van der Waals surface area contributed by atoms with Gasteiger partial charge in [-0.05, 0) is 36.8 Å². The molecule has 1 saturated heterocycles. The van der Waals surface area contributed by atoms with Gasteiger partial charge in [0, 0.05) is 38.3 Å². The predicted molar refractivity (Wildman–Crippen MR) is 104 cm³/mol. The Morgan fingerprint density at radius 1 is 1.22 bits per heavy atom. The van der Waals surface area contributed by atoms with Crippen LogP contribution in [0.15, 0.2) is 36.9 Å². The van der Waals surface area contributed by atoms with Crippen molar-refractivity contribution in [2.75, 3.05) is 32.7 Å². The molecule has 0 spiro atoms. The first-order valence-electron chi connectivity index (χ1n) is 9.58. The number of hydrogen-bond acceptors (Lipinski definition) is 5. The number of benzene rings is 1. The lowest BCUT2D eigenvalue weighted by Gasteiger charge is -2.39. The van der Waals surface area contributed by atoms with Crippen LogP contribution in [0.2, 0.25) is 0 Å². The molecule has 3 rings (SSSR count). The van der Waals surface area contributed by atoms with Gasteiger partial charge in [0.05, 0.1) is 5.54 Å². The van der Waals surface area contributed by atoms with Crippen LogP contribution in [0.3, 0.4) is 0 Å². The van der Waals surface area contributed by atoms with Crippen molar-refractivity contribution in [2.24, 2.45) is 0 Å². The van der Waals surface area contributed by atoms with Crippen LogP contribution < -0.4 is 0 Å². The first-order chi connectivity index (χ1) is 13.0. The smallest absolute Gasteiger partial charge is 0.173 e. The van der Waals surface area contributed by atoms with Crippen molar-refractivity contribution in [3.8, 4) is 0 Å². The third-order valence-electron chi connectivity index (χ3n) is 5.54. The van der Waals surface area contributed by atoms with Crippen molar-refractivity contribution >= 4 is 0 Å². The number of halogens is 1. The molecule has 7 heteroatoms. The molecule has 0 amide bonds. The molecule has 1 atom stereocenters. The first kappa shape index (κ1) is 19.6. The van der Waals surface area contributed by atoms with E-state index in [-0.39, 0.29) is 17.4 Å². The van der Waals surface area contributed by atoms with E-state index < -0.39 is 0 Å². The quantitative estimate of drug-likeness (QED) is 0.700. The zero-order chi connectivity index (χ0) is 19.4. The molecule has 146 valence electrons. The second-order valence-electron chi connectivity index (χ2n) is 7.66. The van der Waals surface area contributed by atoms with E-state index in [1.54, 1.807) is 6.07 Å². The van der Waals surface area contributed by atoms with Crippen LogP contribution in [0.5, 0.6) is 0 Å². The number of piperazine rings is 1. The molecule has 2 aromatic rings. The van der Waals surface area contributed by atoms with Gasteiger partial charge in [-0.3, -0.25) is 9.80 Å². The van der Waals surface area contributed by atoms with Crippen molar-refractivity contribution in [1.29, 1.82) is 0 Å². The lowest BCUT2D eigenvalue weighted by Crippen LogP contribution is -2.48. The maximum Gasteiger partial charge on any atom is 0.173 e. The van der Waals surface area contributed by atoms with E-state index >= 15 is 0 Å². The fourth-order valence-electron chi connectivity index (χ4n) is 3.53. The Bertz CT molecular complexity index is 763. The standard InChI is InChI=1S/C20H29FN6/c1-5-11-25-12-14-26(15-13-25)18(16-9-7-8-10-17(16)21)19-22-23-24-27(19)20(3,4)6-2/h5,7-10,18H,1,6,11-15H2,2-4H3. The third kappa shape index (κ3) is 4.09. The average molecular weight is 372 g/mol. The molecular weight excluding hydrogens is 343 g/mol. The SMILES string of the molecule is C=CCN1CCN(C(c2ccccc2F)c2nnnn2C(C)(C)CC)CC1. The summed E-state index contributed by atoms with van der Waals surface area (Å²) in [6, 6.07) is 6.64. The van der Waals surface area contributed by atoms with Gasteiger partial charge in [0.25, 0.3) is 0 Å². The fraction of sp³-hybridized carbons (Fsp3) is 0.550. The van der Waals surface area contributed by atoms with Crippen LogP contribution in [0.4, 0.5) is 4.39 Å². The lowest BCUT2D eigenvalue weighted by molar-refractivity contribution is 0.107. The van der Waals surface area contributed by atoms with Crippen molar-refractivity contribution in [3.05, 3.63) is 54.1 Å². The minimum absolute atomic E-state index is 0.222. The highest BCUT2D eigenvalue weighted by molar-refractivity contribution is 5.27. The first-order valence-corrected chi connectivity index (χ1v) is 9.58. The Balaban J connectivity index is 1.99. The van der Waals surface area contributed by atoms with E-state index in [1.165, 1.54) is 6.07 Å². The summed E-state index contributed by atoms with van der Waals surface area (Å²) < 4.78 is 16.6. The van der Waals surface area contributed by atoms with Crippen LogP contribution in [0.1, 0.15) is 44.6 Å². The topological polar surface area (TPSA) is 50.1 Å². The average Bonchev–Trinajstić information content (AvgIpc) is 3.15. The molecule has 1 aromatic carbocycles. The number of tetrazole rings is 1. The van der Waals surface area contributed by atoms with Crippen LogP contribution in [0.25, 0.3) is 0 Å². The van der Waals surface area contributed by atoms with Gasteiger partial charge in [0.2, 0.25) is 0 Å². The highest BCUT2D eigenvalue weighted by Gasteiger charge is 2.35. The van der Waals surface area contributed by atoms with E-state index in [2.05, 4.69) is 52.7 Å². The molecular formula is C20H29FN6. The predicted octanol–water partition coefficient (Wildman–Crippen LogP) is 2.85. The molecule has 0 radical (unpaired) electrons. The van der Waals surface area contributed by atoms with E-state index in [4.69, 9.17) is 0 Å². The Labute approximate surface area is 160 Å². The zero-order valence-corrected chi connectivity index (χ0v) is 16.5. The second kappa shape index (κ2) is 8.27. The third-order valence-corrected chi connectivity index (χ3v) is 5.54. The van der Waals surface area contributed by atoms with Crippen molar-refractivity contribution in [3.63, 3.8) is 0 Å². The Morgan fingerprint density at radius 2 is 1.93 bits per heavy atom. The molecule has 1 aliphatic rings. The summed E-state index contributed by atoms with van der Waals surface area (Å²) >= 11 is 0. The summed E-state index contributed by atoms with van der Waals surface area (Å²) in [6.45, 7) is 14.5. The highest BCUT2D eigenvalue weighted by Crippen LogP contribution is 2.32. The normalized spacial score (nSPS) is 17.8. The monoisotopic (exact) mass is 372 g/mol. The number of rotatable bonds is 7. The lowest BCUT2D eigenvalue weighted by atomic mass is 9.98. The van der Waals surface area contributed by atoms with Gasteiger partial charge in [-0.1, -0.05) is 31.2 Å². The van der Waals surface area contributed by atoms with E-state index in [0.29, 0.717) is 11.4 Å². The highest BCUT2D eigenvalue weighted by atomic mass is 19.1. The molecule has 0 aliphatic carbocycles. The summed E-state index contributed by atoms with van der Waals surface area (Å²) in [5.41, 5.74) is 0.380. The van der Waals surface area contributed by atoms with Gasteiger partial charge in [-0.15, -0.1) is 11.7 Å². The zero-order valence-electron chi connectivity index (χ0n) is 16.5. The van der Waals surface area contributed by atoms with Gasteiger partial charge < -0.3 is 0 Å². The molecule has 0 N–H and O–H groups in total. The van der Waals surface area contributed by atoms with Crippen LogP contribution in [0, 0.1) is 5.82 Å². The van der Waals surface area contributed by atoms with Gasteiger partial charge in [0.1, 0.15) is 11.9 Å². The maximum absolute atomic E-state index is 14.8. The maximum atomic E-state index is 14.8. The summed E-state index contributed by atoms with van der Waals surface area (Å²) in [5, 5.41) is 12.5. The van der Waals surface area contributed by atoms with Gasteiger partial charge >= 0.3 is 0 Å². The molecule has 6 nitrogen and oxygen atoms in total. The summed E-state index contributed by atoms with van der Waals surface area (Å²) in [7, 11) is 0. The fourth-order valence-corrected chi connectivity index (χ4v) is 3.53. The summed E-state index contributed by atoms with van der Waals surface area (Å²) in [5.74, 6) is 0.476. The van der Waals surface area contributed by atoms with Crippen molar-refractivity contribution < 1.29 is 4.39 Å². The van der Waals surface area contributed by atoms with Gasteiger partial charge in [-0.2, -0.15) is 0 Å². The molecule has 2 heterocycles. The van der Waals surface area contributed by atoms with Crippen molar-refractivity contribution in [2.45, 2.75) is 38.8 Å². The van der Waals surface area contributed by atoms with E-state index in [1.807, 2.05) is 22.9 Å². The Hall–Kier alpha value is -2.12. The molecule has 1 unspecified atom stereocenters. The van der Waals surface area contributed by atoms with Gasteiger partial charge in [-0.25, -0.2) is 9.07 Å². The van der Waals surface area contributed by atoms with Crippen LogP contribution >= 0.6 is 0 Å². The second-order valence-corrected chi connectivity index (χ2v) is 7.66. The summed E-state index contributed by atoms with van der Waals surface area (Å²) in [4.78, 5) is 4.63. The summed E-state index contributed by atoms with van der Waals surface area (Å²) in [6.07, 6.45) is 2.80. The number of hydrogen-bond donors (Lipinski definition) is 0. The molecule has 1 aliphatic heterocycles. The van der Waals surface area contributed by atoms with Crippen LogP contribution in [-0.4, -0.2) is 62.7 Å². The Morgan fingerprint density at radius 3 is 2.56 bits per heavy atom. The largest absolute Gasteiger partial charge is 0.297 e.